The minimum absolute atomic E-state index is 0.110. The lowest BCUT2D eigenvalue weighted by Crippen LogP contribution is -2.43. The van der Waals surface area contributed by atoms with Gasteiger partial charge in [-0.15, -0.1) is 0 Å². The Bertz CT molecular complexity index is 372. The number of nitrogens with zero attached hydrogens (tertiary/aromatic N) is 2. The molecule has 1 fully saturated rings. The number of aromatic amines is 1. The van der Waals surface area contributed by atoms with Crippen molar-refractivity contribution in [2.24, 2.45) is 5.73 Å². The van der Waals surface area contributed by atoms with Crippen molar-refractivity contribution in [1.29, 1.82) is 0 Å². The minimum Gasteiger partial charge on any atom is -0.352 e. The summed E-state index contributed by atoms with van der Waals surface area (Å²) in [5.74, 6) is 0.744. The van der Waals surface area contributed by atoms with Gasteiger partial charge in [-0.25, -0.2) is 4.98 Å². The lowest BCUT2D eigenvalue weighted by atomic mass is 9.91. The first-order valence-electron chi connectivity index (χ1n) is 5.32. The van der Waals surface area contributed by atoms with Gasteiger partial charge in [-0.3, -0.25) is 4.79 Å². The van der Waals surface area contributed by atoms with Gasteiger partial charge in [-0.05, 0) is 19.3 Å². The molecule has 1 aromatic rings. The first kappa shape index (κ1) is 10.2. The average molecular weight is 208 g/mol. The zero-order valence-electron chi connectivity index (χ0n) is 8.65. The van der Waals surface area contributed by atoms with Gasteiger partial charge in [0.2, 0.25) is 0 Å². The number of anilines is 1. The number of hydrogen-bond acceptors (Lipinski definition) is 4. The summed E-state index contributed by atoms with van der Waals surface area (Å²) in [5.41, 5.74) is 5.46. The molecular weight excluding hydrogens is 192 g/mol. The van der Waals surface area contributed by atoms with Crippen molar-refractivity contribution in [2.45, 2.75) is 25.3 Å². The molecule has 2 rings (SSSR count). The maximum atomic E-state index is 11.2. The van der Waals surface area contributed by atoms with E-state index in [0.29, 0.717) is 12.6 Å². The molecule has 0 aromatic carbocycles. The van der Waals surface area contributed by atoms with E-state index in [1.807, 2.05) is 0 Å². The molecule has 1 saturated carbocycles. The first-order valence-corrected chi connectivity index (χ1v) is 5.32. The van der Waals surface area contributed by atoms with Crippen LogP contribution in [0.5, 0.6) is 0 Å². The summed E-state index contributed by atoms with van der Waals surface area (Å²) in [5, 5.41) is 0. The van der Waals surface area contributed by atoms with Gasteiger partial charge in [0.15, 0.2) is 0 Å². The quantitative estimate of drug-likeness (QED) is 0.735. The van der Waals surface area contributed by atoms with Crippen molar-refractivity contribution >= 4 is 5.82 Å². The molecule has 0 bridgehead atoms. The van der Waals surface area contributed by atoms with Crippen molar-refractivity contribution in [3.05, 3.63) is 22.7 Å². The van der Waals surface area contributed by atoms with E-state index in [1.165, 1.54) is 31.7 Å². The fourth-order valence-corrected chi connectivity index (χ4v) is 1.84. The van der Waals surface area contributed by atoms with E-state index in [1.54, 1.807) is 0 Å². The van der Waals surface area contributed by atoms with Crippen LogP contribution < -0.4 is 16.2 Å². The van der Waals surface area contributed by atoms with Crippen molar-refractivity contribution in [1.82, 2.24) is 9.97 Å². The highest BCUT2D eigenvalue weighted by Gasteiger charge is 2.25. The zero-order valence-corrected chi connectivity index (χ0v) is 8.65. The molecule has 0 amide bonds. The summed E-state index contributed by atoms with van der Waals surface area (Å²) in [6.07, 6.45) is 5.05. The summed E-state index contributed by atoms with van der Waals surface area (Å²) < 4.78 is 0. The van der Waals surface area contributed by atoms with Crippen LogP contribution in [0, 0.1) is 0 Å². The number of nitrogens with one attached hydrogen (secondary N) is 1. The third-order valence-corrected chi connectivity index (χ3v) is 2.84. The summed E-state index contributed by atoms with van der Waals surface area (Å²) in [4.78, 5) is 20.0. The van der Waals surface area contributed by atoms with Gasteiger partial charge in [-0.1, -0.05) is 0 Å². The molecule has 3 N–H and O–H groups in total. The SMILES string of the molecule is NCCN(c1cc(=O)[nH]cn1)C1CCC1. The molecule has 82 valence electrons. The molecule has 0 radical (unpaired) electrons. The van der Waals surface area contributed by atoms with Crippen molar-refractivity contribution < 1.29 is 0 Å². The minimum atomic E-state index is -0.110. The Hall–Kier alpha value is -1.36. The average Bonchev–Trinajstić information content (AvgIpc) is 2.14. The third-order valence-electron chi connectivity index (χ3n) is 2.84. The summed E-state index contributed by atoms with van der Waals surface area (Å²) >= 11 is 0. The number of nitrogens with two attached hydrogens (primary N) is 1. The standard InChI is InChI=1S/C10H16N4O/c11-4-5-14(8-2-1-3-8)9-6-10(15)13-7-12-9/h6-8H,1-5,11H2,(H,12,13,15). The van der Waals surface area contributed by atoms with Crippen LogP contribution in [0.15, 0.2) is 17.2 Å². The van der Waals surface area contributed by atoms with E-state index in [-0.39, 0.29) is 5.56 Å². The molecule has 1 aliphatic rings. The first-order chi connectivity index (χ1) is 7.31. The normalized spacial score (nSPS) is 16.1. The second kappa shape index (κ2) is 4.44. The molecule has 1 heterocycles. The molecule has 0 atom stereocenters. The van der Waals surface area contributed by atoms with Crippen LogP contribution in [0.2, 0.25) is 0 Å². The van der Waals surface area contributed by atoms with Crippen LogP contribution in [0.4, 0.5) is 5.82 Å². The predicted octanol–water partition coefficient (Wildman–Crippen LogP) is 0.0875. The summed E-state index contributed by atoms with van der Waals surface area (Å²) in [6.45, 7) is 1.35. The van der Waals surface area contributed by atoms with Crippen LogP contribution in [-0.4, -0.2) is 29.1 Å². The van der Waals surface area contributed by atoms with Gasteiger partial charge in [0, 0.05) is 25.2 Å². The van der Waals surface area contributed by atoms with Crippen LogP contribution in [-0.2, 0) is 0 Å². The molecule has 0 unspecified atom stereocenters. The van der Waals surface area contributed by atoms with Gasteiger partial charge in [-0.2, -0.15) is 0 Å². The van der Waals surface area contributed by atoms with Crippen LogP contribution in [0.1, 0.15) is 19.3 Å². The Kier molecular flexibility index (Phi) is 3.01. The van der Waals surface area contributed by atoms with Gasteiger partial charge in [0.1, 0.15) is 5.82 Å². The third kappa shape index (κ3) is 2.18. The zero-order chi connectivity index (χ0) is 10.7. The van der Waals surface area contributed by atoms with E-state index >= 15 is 0 Å². The monoisotopic (exact) mass is 208 g/mol. The fourth-order valence-electron chi connectivity index (χ4n) is 1.84. The molecular formula is C10H16N4O. The maximum Gasteiger partial charge on any atom is 0.252 e. The van der Waals surface area contributed by atoms with Gasteiger partial charge in [0.25, 0.3) is 5.56 Å². The van der Waals surface area contributed by atoms with Crippen LogP contribution >= 0.6 is 0 Å². The Morgan fingerprint density at radius 3 is 2.93 bits per heavy atom. The molecule has 0 spiro atoms. The van der Waals surface area contributed by atoms with E-state index < -0.39 is 0 Å². The Labute approximate surface area is 88.3 Å². The van der Waals surface area contributed by atoms with Gasteiger partial charge >= 0.3 is 0 Å². The Balaban J connectivity index is 2.19. The molecule has 0 aliphatic heterocycles. The van der Waals surface area contributed by atoms with Crippen molar-refractivity contribution in [2.75, 3.05) is 18.0 Å². The summed E-state index contributed by atoms with van der Waals surface area (Å²) in [7, 11) is 0. The van der Waals surface area contributed by atoms with E-state index in [4.69, 9.17) is 5.73 Å². The van der Waals surface area contributed by atoms with Gasteiger partial charge < -0.3 is 15.6 Å². The lowest BCUT2D eigenvalue weighted by Gasteiger charge is -2.38. The summed E-state index contributed by atoms with van der Waals surface area (Å²) in [6, 6.07) is 2.05. The highest BCUT2D eigenvalue weighted by atomic mass is 16.1. The number of rotatable bonds is 4. The highest BCUT2D eigenvalue weighted by Crippen LogP contribution is 2.27. The molecule has 0 saturated heterocycles. The van der Waals surface area contributed by atoms with Crippen LogP contribution in [0.25, 0.3) is 0 Å². The smallest absolute Gasteiger partial charge is 0.252 e. The fraction of sp³-hybridized carbons (Fsp3) is 0.600. The van der Waals surface area contributed by atoms with Crippen LogP contribution in [0.3, 0.4) is 0 Å². The second-order valence-corrected chi connectivity index (χ2v) is 3.84. The van der Waals surface area contributed by atoms with E-state index in [2.05, 4.69) is 14.9 Å². The Morgan fingerprint density at radius 1 is 1.60 bits per heavy atom. The number of aromatic nitrogens is 2. The molecule has 15 heavy (non-hydrogen) atoms. The highest BCUT2D eigenvalue weighted by molar-refractivity contribution is 5.38. The second-order valence-electron chi connectivity index (χ2n) is 3.84. The van der Waals surface area contributed by atoms with E-state index in [9.17, 15) is 4.79 Å². The molecule has 5 nitrogen and oxygen atoms in total. The van der Waals surface area contributed by atoms with E-state index in [0.717, 1.165) is 12.4 Å². The number of hydrogen-bond donors (Lipinski definition) is 2. The molecule has 5 heteroatoms. The number of H-pyrrole nitrogens is 1. The topological polar surface area (TPSA) is 75.0 Å². The predicted molar refractivity (Wildman–Crippen MR) is 58.9 cm³/mol. The lowest BCUT2D eigenvalue weighted by molar-refractivity contribution is 0.386. The van der Waals surface area contributed by atoms with Crippen molar-refractivity contribution in [3.8, 4) is 0 Å². The maximum absolute atomic E-state index is 11.2. The van der Waals surface area contributed by atoms with Gasteiger partial charge in [0.05, 0.1) is 6.33 Å². The Morgan fingerprint density at radius 2 is 2.40 bits per heavy atom. The largest absolute Gasteiger partial charge is 0.352 e. The molecule has 1 aliphatic carbocycles. The molecule has 1 aromatic heterocycles. The van der Waals surface area contributed by atoms with Crippen molar-refractivity contribution in [3.63, 3.8) is 0 Å².